The SMILES string of the molecule is CC[C@@H](c1nnnn1CCc1ccccc1)N(Cc1ccc2c(c1)OCO2)Cc1cc2cc(C)ccc2[nH]c1=O. The molecule has 1 atom stereocenters. The zero-order chi connectivity index (χ0) is 27.5. The molecule has 40 heavy (non-hydrogen) atoms. The van der Waals surface area contributed by atoms with Crippen LogP contribution in [0.1, 0.15) is 47.5 Å². The number of aromatic amines is 1. The summed E-state index contributed by atoms with van der Waals surface area (Å²) in [5.74, 6) is 2.26. The Hall–Kier alpha value is -4.50. The van der Waals surface area contributed by atoms with Gasteiger partial charge in [-0.1, -0.05) is 55.0 Å². The number of ether oxygens (including phenoxy) is 2. The van der Waals surface area contributed by atoms with E-state index in [9.17, 15) is 4.79 Å². The molecule has 0 radical (unpaired) electrons. The summed E-state index contributed by atoms with van der Waals surface area (Å²) in [6, 6.07) is 24.2. The van der Waals surface area contributed by atoms with Crippen molar-refractivity contribution in [2.24, 2.45) is 0 Å². The highest BCUT2D eigenvalue weighted by molar-refractivity contribution is 5.79. The molecule has 3 heterocycles. The summed E-state index contributed by atoms with van der Waals surface area (Å²) in [5, 5.41) is 13.9. The highest BCUT2D eigenvalue weighted by Crippen LogP contribution is 2.34. The van der Waals surface area contributed by atoms with Crippen LogP contribution in [0.5, 0.6) is 11.5 Å². The van der Waals surface area contributed by atoms with Crippen LogP contribution in [0.3, 0.4) is 0 Å². The second-order valence-corrected chi connectivity index (χ2v) is 10.2. The Labute approximate surface area is 232 Å². The molecule has 0 saturated carbocycles. The molecule has 0 fully saturated rings. The number of aromatic nitrogens is 5. The summed E-state index contributed by atoms with van der Waals surface area (Å²) in [4.78, 5) is 18.6. The van der Waals surface area contributed by atoms with E-state index < -0.39 is 0 Å². The lowest BCUT2D eigenvalue weighted by Gasteiger charge is -2.30. The Morgan fingerprint density at radius 2 is 1.82 bits per heavy atom. The molecule has 0 bridgehead atoms. The van der Waals surface area contributed by atoms with Gasteiger partial charge in [0.15, 0.2) is 17.3 Å². The molecule has 1 aliphatic heterocycles. The predicted molar refractivity (Wildman–Crippen MR) is 152 cm³/mol. The zero-order valence-corrected chi connectivity index (χ0v) is 22.7. The third-order valence-corrected chi connectivity index (χ3v) is 7.41. The topological polar surface area (TPSA) is 98.2 Å². The first-order chi connectivity index (χ1) is 19.6. The van der Waals surface area contributed by atoms with Crippen molar-refractivity contribution in [1.29, 1.82) is 0 Å². The summed E-state index contributed by atoms with van der Waals surface area (Å²) >= 11 is 0. The van der Waals surface area contributed by atoms with Crippen molar-refractivity contribution < 1.29 is 9.47 Å². The molecule has 1 aliphatic rings. The Balaban J connectivity index is 1.34. The molecule has 2 aromatic heterocycles. The molecule has 5 aromatic rings. The number of H-pyrrole nitrogens is 1. The van der Waals surface area contributed by atoms with Gasteiger partial charge in [-0.25, -0.2) is 4.68 Å². The molecule has 9 heteroatoms. The second-order valence-electron chi connectivity index (χ2n) is 10.2. The number of rotatable bonds is 10. The number of benzene rings is 3. The van der Waals surface area contributed by atoms with E-state index in [0.717, 1.165) is 52.2 Å². The van der Waals surface area contributed by atoms with Crippen LogP contribution in [-0.2, 0) is 26.1 Å². The van der Waals surface area contributed by atoms with Gasteiger partial charge < -0.3 is 14.5 Å². The number of nitrogens with zero attached hydrogens (tertiary/aromatic N) is 5. The molecule has 0 amide bonds. The van der Waals surface area contributed by atoms with Crippen LogP contribution in [0.15, 0.2) is 77.6 Å². The van der Waals surface area contributed by atoms with Gasteiger partial charge in [0.25, 0.3) is 5.56 Å². The molecule has 0 unspecified atom stereocenters. The number of tetrazole rings is 1. The van der Waals surface area contributed by atoms with Crippen molar-refractivity contribution in [3.63, 3.8) is 0 Å². The monoisotopic (exact) mass is 536 g/mol. The van der Waals surface area contributed by atoms with Crippen molar-refractivity contribution in [1.82, 2.24) is 30.1 Å². The van der Waals surface area contributed by atoms with E-state index in [-0.39, 0.29) is 18.4 Å². The van der Waals surface area contributed by atoms with Gasteiger partial charge >= 0.3 is 0 Å². The van der Waals surface area contributed by atoms with Crippen LogP contribution in [0.4, 0.5) is 0 Å². The lowest BCUT2D eigenvalue weighted by molar-refractivity contribution is 0.160. The molecule has 1 N–H and O–H groups in total. The fourth-order valence-electron chi connectivity index (χ4n) is 5.35. The van der Waals surface area contributed by atoms with Crippen molar-refractivity contribution in [2.45, 2.75) is 52.4 Å². The Morgan fingerprint density at radius 3 is 2.67 bits per heavy atom. The van der Waals surface area contributed by atoms with E-state index in [0.29, 0.717) is 25.2 Å². The number of hydrogen-bond acceptors (Lipinski definition) is 7. The molecule has 6 rings (SSSR count). The van der Waals surface area contributed by atoms with Crippen molar-refractivity contribution in [3.8, 4) is 11.5 Å². The molecule has 0 aliphatic carbocycles. The molecule has 204 valence electrons. The highest BCUT2D eigenvalue weighted by atomic mass is 16.7. The third-order valence-electron chi connectivity index (χ3n) is 7.41. The van der Waals surface area contributed by atoms with E-state index in [1.807, 2.05) is 59.3 Å². The fourth-order valence-corrected chi connectivity index (χ4v) is 5.35. The summed E-state index contributed by atoms with van der Waals surface area (Å²) in [5.41, 5.74) is 4.86. The van der Waals surface area contributed by atoms with Crippen LogP contribution in [0.25, 0.3) is 10.9 Å². The summed E-state index contributed by atoms with van der Waals surface area (Å²) < 4.78 is 13.0. The first kappa shape index (κ1) is 25.8. The van der Waals surface area contributed by atoms with Crippen LogP contribution in [0.2, 0.25) is 0 Å². The van der Waals surface area contributed by atoms with E-state index in [4.69, 9.17) is 9.47 Å². The molecular weight excluding hydrogens is 504 g/mol. The van der Waals surface area contributed by atoms with Crippen molar-refractivity contribution in [3.05, 3.63) is 111 Å². The second kappa shape index (κ2) is 11.3. The summed E-state index contributed by atoms with van der Waals surface area (Å²) in [6.45, 7) is 6.07. The van der Waals surface area contributed by atoms with Gasteiger partial charge in [-0.3, -0.25) is 9.69 Å². The van der Waals surface area contributed by atoms with Gasteiger partial charge in [0, 0.05) is 30.7 Å². The molecule has 9 nitrogen and oxygen atoms in total. The predicted octanol–water partition coefficient (Wildman–Crippen LogP) is 4.95. The van der Waals surface area contributed by atoms with Gasteiger partial charge in [-0.15, -0.1) is 5.10 Å². The number of aryl methyl sites for hydroxylation is 3. The standard InChI is InChI=1S/C31H32N6O3/c1-3-27(30-33-34-35-37(30)14-13-22-7-5-4-6-8-22)36(18-23-10-12-28-29(16-23)40-20-39-28)19-25-17-24-15-21(2)9-11-26(24)32-31(25)38/h4-12,15-17,27H,3,13-14,18-20H2,1-2H3,(H,32,38)/t27-/m0/s1. The maximum absolute atomic E-state index is 13.2. The van der Waals surface area contributed by atoms with Crippen LogP contribution in [-0.4, -0.2) is 36.9 Å². The molecule has 3 aromatic carbocycles. The molecule has 0 saturated heterocycles. The maximum Gasteiger partial charge on any atom is 0.252 e. The van der Waals surface area contributed by atoms with E-state index in [1.54, 1.807) is 0 Å². The van der Waals surface area contributed by atoms with Crippen LogP contribution >= 0.6 is 0 Å². The smallest absolute Gasteiger partial charge is 0.252 e. The maximum atomic E-state index is 13.2. The molecular formula is C31H32N6O3. The zero-order valence-electron chi connectivity index (χ0n) is 22.7. The lowest BCUT2D eigenvalue weighted by Crippen LogP contribution is -2.32. The van der Waals surface area contributed by atoms with Gasteiger partial charge in [0.05, 0.1) is 6.04 Å². The van der Waals surface area contributed by atoms with Crippen molar-refractivity contribution >= 4 is 10.9 Å². The van der Waals surface area contributed by atoms with Gasteiger partial charge in [0.1, 0.15) is 0 Å². The van der Waals surface area contributed by atoms with E-state index >= 15 is 0 Å². The van der Waals surface area contributed by atoms with Crippen LogP contribution in [0, 0.1) is 6.92 Å². The minimum absolute atomic E-state index is 0.0921. The largest absolute Gasteiger partial charge is 0.454 e. The normalized spacial score (nSPS) is 13.3. The van der Waals surface area contributed by atoms with Gasteiger partial charge in [-0.2, -0.15) is 0 Å². The minimum atomic E-state index is -0.121. The quantitative estimate of drug-likeness (QED) is 0.270. The number of fused-ring (bicyclic) bond motifs is 2. The highest BCUT2D eigenvalue weighted by Gasteiger charge is 2.27. The van der Waals surface area contributed by atoms with Crippen molar-refractivity contribution in [2.75, 3.05) is 6.79 Å². The number of pyridine rings is 1. The Kier molecular flexibility index (Phi) is 7.29. The number of nitrogens with one attached hydrogen (secondary N) is 1. The first-order valence-corrected chi connectivity index (χ1v) is 13.6. The fraction of sp³-hybridized carbons (Fsp3) is 0.290. The average Bonchev–Trinajstić information content (AvgIpc) is 3.63. The van der Waals surface area contributed by atoms with Crippen LogP contribution < -0.4 is 15.0 Å². The lowest BCUT2D eigenvalue weighted by atomic mass is 10.1. The Bertz CT molecular complexity index is 1680. The van der Waals surface area contributed by atoms with Gasteiger partial charge in [-0.05, 0) is 77.0 Å². The number of hydrogen-bond donors (Lipinski definition) is 1. The first-order valence-electron chi connectivity index (χ1n) is 13.6. The average molecular weight is 537 g/mol. The third kappa shape index (κ3) is 5.46. The van der Waals surface area contributed by atoms with E-state index in [2.05, 4.69) is 57.5 Å². The Morgan fingerprint density at radius 1 is 0.975 bits per heavy atom. The minimum Gasteiger partial charge on any atom is -0.454 e. The summed E-state index contributed by atoms with van der Waals surface area (Å²) in [6.07, 6.45) is 1.59. The van der Waals surface area contributed by atoms with E-state index in [1.165, 1.54) is 5.56 Å². The van der Waals surface area contributed by atoms with Gasteiger partial charge in [0.2, 0.25) is 6.79 Å². The molecule has 0 spiro atoms. The summed E-state index contributed by atoms with van der Waals surface area (Å²) in [7, 11) is 0.